The largest absolute Gasteiger partial charge is 0.481 e. The van der Waals surface area contributed by atoms with Gasteiger partial charge in [0.1, 0.15) is 6.10 Å². The van der Waals surface area contributed by atoms with Crippen molar-refractivity contribution in [3.63, 3.8) is 0 Å². The molecule has 1 rings (SSSR count). The molecular formula is C12H21NO4. The van der Waals surface area contributed by atoms with E-state index in [1.54, 1.807) is 0 Å². The maximum atomic E-state index is 11.6. The van der Waals surface area contributed by atoms with E-state index in [1.807, 2.05) is 0 Å². The van der Waals surface area contributed by atoms with Gasteiger partial charge in [0, 0.05) is 13.0 Å². The Labute approximate surface area is 101 Å². The van der Waals surface area contributed by atoms with Gasteiger partial charge in [-0.1, -0.05) is 19.3 Å². The van der Waals surface area contributed by atoms with E-state index < -0.39 is 12.1 Å². The van der Waals surface area contributed by atoms with E-state index in [-0.39, 0.29) is 18.2 Å². The molecule has 0 heterocycles. The van der Waals surface area contributed by atoms with E-state index in [0.29, 0.717) is 13.0 Å². The summed E-state index contributed by atoms with van der Waals surface area (Å²) in [5.74, 6) is -1.16. The second-order valence-corrected chi connectivity index (χ2v) is 4.63. The average molecular weight is 243 g/mol. The summed E-state index contributed by atoms with van der Waals surface area (Å²) in [5, 5.41) is 20.8. The van der Waals surface area contributed by atoms with Crippen LogP contribution in [0.3, 0.4) is 0 Å². The summed E-state index contributed by atoms with van der Waals surface area (Å²) in [7, 11) is 0. The van der Waals surface area contributed by atoms with Crippen LogP contribution in [0.1, 0.15) is 44.9 Å². The van der Waals surface area contributed by atoms with Gasteiger partial charge in [-0.15, -0.1) is 0 Å². The lowest BCUT2D eigenvalue weighted by molar-refractivity contribution is -0.137. The summed E-state index contributed by atoms with van der Waals surface area (Å²) in [6.45, 7) is 0.314. The SMILES string of the molecule is O=C(O)CCCNC(=O)C(O)C1CCCCC1. The smallest absolute Gasteiger partial charge is 0.303 e. The van der Waals surface area contributed by atoms with Crippen LogP contribution in [0.15, 0.2) is 0 Å². The third kappa shape index (κ3) is 5.17. The van der Waals surface area contributed by atoms with Crippen molar-refractivity contribution in [2.45, 2.75) is 51.0 Å². The van der Waals surface area contributed by atoms with Gasteiger partial charge in [-0.25, -0.2) is 0 Å². The van der Waals surface area contributed by atoms with Crippen LogP contribution in [0.4, 0.5) is 0 Å². The second kappa shape index (κ2) is 7.27. The number of carboxylic acid groups (broad SMARTS) is 1. The summed E-state index contributed by atoms with van der Waals surface area (Å²) >= 11 is 0. The molecule has 0 spiro atoms. The molecule has 3 N–H and O–H groups in total. The molecule has 5 nitrogen and oxygen atoms in total. The highest BCUT2D eigenvalue weighted by molar-refractivity contribution is 5.80. The number of rotatable bonds is 6. The molecule has 0 radical (unpaired) electrons. The Bertz CT molecular complexity index is 261. The van der Waals surface area contributed by atoms with Crippen LogP contribution in [-0.4, -0.2) is 34.7 Å². The predicted octanol–water partition coefficient (Wildman–Crippen LogP) is 0.909. The summed E-state index contributed by atoms with van der Waals surface area (Å²) in [6, 6.07) is 0. The summed E-state index contributed by atoms with van der Waals surface area (Å²) in [5.41, 5.74) is 0. The maximum Gasteiger partial charge on any atom is 0.303 e. The molecular weight excluding hydrogens is 222 g/mol. The number of carbonyl (C=O) groups is 2. The van der Waals surface area contributed by atoms with Crippen molar-refractivity contribution in [1.82, 2.24) is 5.32 Å². The van der Waals surface area contributed by atoms with Crippen molar-refractivity contribution in [2.24, 2.45) is 5.92 Å². The average Bonchev–Trinajstić information content (AvgIpc) is 2.34. The first-order valence-electron chi connectivity index (χ1n) is 6.29. The van der Waals surface area contributed by atoms with Crippen molar-refractivity contribution in [2.75, 3.05) is 6.54 Å². The standard InChI is InChI=1S/C12H21NO4/c14-10(15)7-4-8-13-12(17)11(16)9-5-2-1-3-6-9/h9,11,16H,1-8H2,(H,13,17)(H,14,15). The lowest BCUT2D eigenvalue weighted by atomic mass is 9.85. The van der Waals surface area contributed by atoms with Gasteiger partial charge in [0.2, 0.25) is 5.91 Å². The number of aliphatic hydroxyl groups excluding tert-OH is 1. The fourth-order valence-corrected chi connectivity index (χ4v) is 2.22. The number of aliphatic hydroxyl groups is 1. The number of nitrogens with one attached hydrogen (secondary N) is 1. The fourth-order valence-electron chi connectivity index (χ4n) is 2.22. The van der Waals surface area contributed by atoms with E-state index in [2.05, 4.69) is 5.32 Å². The first kappa shape index (κ1) is 14.0. The van der Waals surface area contributed by atoms with Gasteiger partial charge < -0.3 is 15.5 Å². The van der Waals surface area contributed by atoms with Gasteiger partial charge in [0.15, 0.2) is 0 Å². The highest BCUT2D eigenvalue weighted by atomic mass is 16.4. The third-order valence-corrected chi connectivity index (χ3v) is 3.23. The van der Waals surface area contributed by atoms with E-state index in [0.717, 1.165) is 25.7 Å². The molecule has 1 unspecified atom stereocenters. The Morgan fingerprint density at radius 2 is 1.88 bits per heavy atom. The summed E-state index contributed by atoms with van der Waals surface area (Å²) < 4.78 is 0. The van der Waals surface area contributed by atoms with Crippen LogP contribution in [0.25, 0.3) is 0 Å². The Morgan fingerprint density at radius 3 is 2.47 bits per heavy atom. The van der Waals surface area contributed by atoms with E-state index in [4.69, 9.17) is 5.11 Å². The van der Waals surface area contributed by atoms with Crippen molar-refractivity contribution < 1.29 is 19.8 Å². The van der Waals surface area contributed by atoms with Crippen LogP contribution in [0, 0.1) is 5.92 Å². The molecule has 5 heteroatoms. The summed E-state index contributed by atoms with van der Waals surface area (Å²) in [4.78, 5) is 21.8. The van der Waals surface area contributed by atoms with Gasteiger partial charge in [-0.2, -0.15) is 0 Å². The van der Waals surface area contributed by atoms with Crippen molar-refractivity contribution >= 4 is 11.9 Å². The number of aliphatic carboxylic acids is 1. The Kier molecular flexibility index (Phi) is 5.97. The molecule has 1 aliphatic rings. The van der Waals surface area contributed by atoms with Crippen LogP contribution in [0.5, 0.6) is 0 Å². The third-order valence-electron chi connectivity index (χ3n) is 3.23. The minimum absolute atomic E-state index is 0.0415. The lowest BCUT2D eigenvalue weighted by Crippen LogP contribution is -2.40. The minimum atomic E-state index is -0.930. The highest BCUT2D eigenvalue weighted by Crippen LogP contribution is 2.26. The molecule has 17 heavy (non-hydrogen) atoms. The molecule has 1 aliphatic carbocycles. The van der Waals surface area contributed by atoms with Crippen LogP contribution < -0.4 is 5.32 Å². The molecule has 1 fully saturated rings. The van der Waals surface area contributed by atoms with Gasteiger partial charge in [-0.3, -0.25) is 9.59 Å². The molecule has 0 aromatic rings. The molecule has 1 saturated carbocycles. The van der Waals surface area contributed by atoms with Crippen molar-refractivity contribution in [3.8, 4) is 0 Å². The Balaban J connectivity index is 2.19. The summed E-state index contributed by atoms with van der Waals surface area (Å²) in [6.07, 6.45) is 4.66. The quantitative estimate of drug-likeness (QED) is 0.605. The normalized spacial score (nSPS) is 18.6. The van der Waals surface area contributed by atoms with Gasteiger partial charge in [-0.05, 0) is 25.2 Å². The lowest BCUT2D eigenvalue weighted by Gasteiger charge is -2.25. The Morgan fingerprint density at radius 1 is 1.24 bits per heavy atom. The molecule has 1 amide bonds. The number of carboxylic acids is 1. The zero-order chi connectivity index (χ0) is 12.7. The van der Waals surface area contributed by atoms with E-state index in [1.165, 1.54) is 6.42 Å². The monoisotopic (exact) mass is 243 g/mol. The van der Waals surface area contributed by atoms with Gasteiger partial charge >= 0.3 is 5.97 Å². The molecule has 0 aromatic heterocycles. The number of amides is 1. The molecule has 0 aliphatic heterocycles. The van der Waals surface area contributed by atoms with Gasteiger partial charge in [0.25, 0.3) is 0 Å². The number of hydrogen-bond acceptors (Lipinski definition) is 3. The molecule has 0 aromatic carbocycles. The van der Waals surface area contributed by atoms with E-state index >= 15 is 0 Å². The zero-order valence-electron chi connectivity index (χ0n) is 10.0. The Hall–Kier alpha value is -1.10. The first-order valence-corrected chi connectivity index (χ1v) is 6.29. The zero-order valence-corrected chi connectivity index (χ0v) is 10.0. The minimum Gasteiger partial charge on any atom is -0.481 e. The van der Waals surface area contributed by atoms with Crippen LogP contribution in [0.2, 0.25) is 0 Å². The molecule has 0 saturated heterocycles. The number of hydrogen-bond donors (Lipinski definition) is 3. The second-order valence-electron chi connectivity index (χ2n) is 4.63. The van der Waals surface area contributed by atoms with E-state index in [9.17, 15) is 14.7 Å². The van der Waals surface area contributed by atoms with Crippen molar-refractivity contribution in [3.05, 3.63) is 0 Å². The molecule has 0 bridgehead atoms. The fraction of sp³-hybridized carbons (Fsp3) is 0.833. The van der Waals surface area contributed by atoms with Crippen LogP contribution in [-0.2, 0) is 9.59 Å². The van der Waals surface area contributed by atoms with Gasteiger partial charge in [0.05, 0.1) is 0 Å². The number of carbonyl (C=O) groups excluding carboxylic acids is 1. The molecule has 1 atom stereocenters. The molecule has 98 valence electrons. The highest BCUT2D eigenvalue weighted by Gasteiger charge is 2.26. The topological polar surface area (TPSA) is 86.6 Å². The van der Waals surface area contributed by atoms with Crippen molar-refractivity contribution in [1.29, 1.82) is 0 Å². The maximum absolute atomic E-state index is 11.6. The van der Waals surface area contributed by atoms with Crippen LogP contribution >= 0.6 is 0 Å². The predicted molar refractivity (Wildman–Crippen MR) is 62.5 cm³/mol. The first-order chi connectivity index (χ1) is 8.11.